The van der Waals surface area contributed by atoms with Crippen LogP contribution in [0.25, 0.3) is 0 Å². The molecule has 1 nitrogen and oxygen atoms in total. The van der Waals surface area contributed by atoms with Crippen LogP contribution in [0.5, 0.6) is 0 Å². The third-order valence-corrected chi connectivity index (χ3v) is 1.05. The first-order chi connectivity index (χ1) is 3.79. The SMILES string of the molecule is [Li][c]1ccn[c]([Li])c1. The van der Waals surface area contributed by atoms with Gasteiger partial charge in [-0.05, 0) is 0 Å². The monoisotopic (exact) mass is 91.1 g/mol. The Morgan fingerprint density at radius 3 is 2.50 bits per heavy atom. The molecule has 0 saturated heterocycles. The van der Waals surface area contributed by atoms with E-state index in [1.54, 1.807) is 0 Å². The molecule has 1 rings (SSSR count). The van der Waals surface area contributed by atoms with Gasteiger partial charge in [0.15, 0.2) is 0 Å². The van der Waals surface area contributed by atoms with Gasteiger partial charge in [0.25, 0.3) is 0 Å². The summed E-state index contributed by atoms with van der Waals surface area (Å²) in [6, 6.07) is 4.05. The molecule has 0 amide bonds. The maximum atomic E-state index is 4.04. The minimum atomic E-state index is 1.09. The Labute approximate surface area is 67.3 Å². The van der Waals surface area contributed by atoms with Crippen molar-refractivity contribution in [3.63, 3.8) is 0 Å². The van der Waals surface area contributed by atoms with Crippen molar-refractivity contribution in [1.82, 2.24) is 4.98 Å². The Bertz CT molecular complexity index is 170. The molecule has 1 heterocycles. The fourth-order valence-corrected chi connectivity index (χ4v) is 0.687. The van der Waals surface area contributed by atoms with Gasteiger partial charge in [-0.1, -0.05) is 0 Å². The number of hydrogen-bond donors (Lipinski definition) is 0. The third kappa shape index (κ3) is 1.69. The minimum absolute atomic E-state index is 1.09. The second-order valence-corrected chi connectivity index (χ2v) is 1.97. The van der Waals surface area contributed by atoms with Crippen molar-refractivity contribution < 1.29 is 0 Å². The summed E-state index contributed by atoms with van der Waals surface area (Å²) in [5, 5.41) is 0. The summed E-state index contributed by atoms with van der Waals surface area (Å²) in [5.41, 5.74) is 0. The molecule has 30 valence electrons. The Balaban J connectivity index is 3.08. The number of nitrogens with zero attached hydrogens (tertiary/aromatic N) is 1. The van der Waals surface area contributed by atoms with E-state index in [1.165, 1.54) is 4.24 Å². The van der Waals surface area contributed by atoms with Crippen LogP contribution in [0.2, 0.25) is 0 Å². The van der Waals surface area contributed by atoms with E-state index in [0.717, 1.165) is 4.37 Å². The molecule has 0 aliphatic rings. The normalized spacial score (nSPS) is 9.50. The molecule has 0 bridgehead atoms. The molecule has 0 aliphatic heterocycles. The van der Waals surface area contributed by atoms with Crippen molar-refractivity contribution in [2.24, 2.45) is 0 Å². The van der Waals surface area contributed by atoms with Gasteiger partial charge in [-0.15, -0.1) is 0 Å². The average molecular weight is 91.0 g/mol. The van der Waals surface area contributed by atoms with Gasteiger partial charge in [0.05, 0.1) is 0 Å². The molecule has 3 heteroatoms. The first kappa shape index (κ1) is 6.46. The maximum absolute atomic E-state index is 4.04. The summed E-state index contributed by atoms with van der Waals surface area (Å²) < 4.78 is 2.36. The van der Waals surface area contributed by atoms with Gasteiger partial charge in [0.2, 0.25) is 0 Å². The predicted molar refractivity (Wildman–Crippen MR) is 35.0 cm³/mol. The zero-order chi connectivity index (χ0) is 5.98. The van der Waals surface area contributed by atoms with E-state index in [1.807, 2.05) is 30.0 Å². The van der Waals surface area contributed by atoms with Crippen LogP contribution >= 0.6 is 0 Å². The Morgan fingerprint density at radius 2 is 2.12 bits per heavy atom. The molecule has 8 heavy (non-hydrogen) atoms. The van der Waals surface area contributed by atoms with Crippen molar-refractivity contribution in [1.29, 1.82) is 0 Å². The zero-order valence-electron chi connectivity index (χ0n) is 5.18. The molecule has 0 N–H and O–H groups in total. The topological polar surface area (TPSA) is 12.9 Å². The predicted octanol–water partition coefficient (Wildman–Crippen LogP) is -1.33. The third-order valence-electron chi connectivity index (χ3n) is 1.05. The first-order valence-electron chi connectivity index (χ1n) is 2.68. The van der Waals surface area contributed by atoms with E-state index in [4.69, 9.17) is 0 Å². The van der Waals surface area contributed by atoms with Crippen LogP contribution in [0, 0.1) is 0 Å². The quantitative estimate of drug-likeness (QED) is 0.360. The van der Waals surface area contributed by atoms with E-state index in [-0.39, 0.29) is 0 Å². The molecule has 0 radical (unpaired) electrons. The number of rotatable bonds is 0. The van der Waals surface area contributed by atoms with Crippen molar-refractivity contribution in [3.8, 4) is 0 Å². The molecular weight excluding hydrogens is 87.9 g/mol. The van der Waals surface area contributed by atoms with E-state index in [0.29, 0.717) is 0 Å². The first-order valence-corrected chi connectivity index (χ1v) is 2.68. The van der Waals surface area contributed by atoms with Crippen molar-refractivity contribution >= 4 is 44.0 Å². The molecule has 0 spiro atoms. The van der Waals surface area contributed by atoms with E-state index >= 15 is 0 Å². The fraction of sp³-hybridized carbons (Fsp3) is 0. The van der Waals surface area contributed by atoms with Crippen LogP contribution in [0.3, 0.4) is 0 Å². The van der Waals surface area contributed by atoms with Gasteiger partial charge in [0, 0.05) is 0 Å². The summed E-state index contributed by atoms with van der Waals surface area (Å²) in [6.45, 7) is 0. The summed E-state index contributed by atoms with van der Waals surface area (Å²) in [5.74, 6) is 0. The van der Waals surface area contributed by atoms with Crippen LogP contribution in [0.1, 0.15) is 0 Å². The van der Waals surface area contributed by atoms with E-state index < -0.39 is 0 Å². The van der Waals surface area contributed by atoms with Crippen molar-refractivity contribution in [3.05, 3.63) is 18.3 Å². The molecule has 0 saturated carbocycles. The average Bonchev–Trinajstić information content (AvgIpc) is 1.64. The summed E-state index contributed by atoms with van der Waals surface area (Å²) in [6.07, 6.45) is 1.82. The number of aromatic nitrogens is 1. The van der Waals surface area contributed by atoms with Crippen molar-refractivity contribution in [2.75, 3.05) is 0 Å². The molecule has 0 unspecified atom stereocenters. The van der Waals surface area contributed by atoms with Gasteiger partial charge in [-0.2, -0.15) is 0 Å². The summed E-state index contributed by atoms with van der Waals surface area (Å²) in [7, 11) is 0. The Kier molecular flexibility index (Phi) is 2.23. The fourth-order valence-electron chi connectivity index (χ4n) is 0.687. The van der Waals surface area contributed by atoms with Crippen LogP contribution in [0.15, 0.2) is 18.3 Å². The van der Waals surface area contributed by atoms with Gasteiger partial charge in [0.1, 0.15) is 0 Å². The molecular formula is C5H3Li2N. The van der Waals surface area contributed by atoms with Crippen molar-refractivity contribution in [2.45, 2.75) is 0 Å². The molecule has 0 atom stereocenters. The van der Waals surface area contributed by atoms with Gasteiger partial charge < -0.3 is 0 Å². The van der Waals surface area contributed by atoms with Crippen LogP contribution in [-0.4, -0.2) is 40.4 Å². The van der Waals surface area contributed by atoms with Gasteiger partial charge in [-0.3, -0.25) is 0 Å². The zero-order valence-corrected chi connectivity index (χ0v) is 5.18. The number of pyridine rings is 1. The van der Waals surface area contributed by atoms with E-state index in [2.05, 4.69) is 28.8 Å². The van der Waals surface area contributed by atoms with E-state index in [9.17, 15) is 0 Å². The molecule has 0 fully saturated rings. The molecule has 0 aromatic carbocycles. The van der Waals surface area contributed by atoms with Gasteiger partial charge >= 0.3 is 67.3 Å². The molecule has 1 aromatic heterocycles. The Morgan fingerprint density at radius 1 is 1.38 bits per heavy atom. The van der Waals surface area contributed by atoms with Gasteiger partial charge in [-0.25, -0.2) is 0 Å². The van der Waals surface area contributed by atoms with Crippen LogP contribution in [-0.2, 0) is 0 Å². The molecule has 1 aromatic rings. The Hall–Kier alpha value is 0.345. The second kappa shape index (κ2) is 2.76. The second-order valence-electron chi connectivity index (χ2n) is 1.97. The number of hydrogen-bond acceptors (Lipinski definition) is 1. The van der Waals surface area contributed by atoms with Crippen LogP contribution < -0.4 is 8.60 Å². The summed E-state index contributed by atoms with van der Waals surface area (Å²) in [4.78, 5) is 4.04. The standard InChI is InChI=1S/C5H3N.2Li/c1-2-4-6-5-3-1;;/h2-4H;;. The van der Waals surface area contributed by atoms with Crippen LogP contribution in [0.4, 0.5) is 0 Å². The molecule has 0 aliphatic carbocycles. The summed E-state index contributed by atoms with van der Waals surface area (Å²) >= 11 is 4.06.